The van der Waals surface area contributed by atoms with Gasteiger partial charge in [-0.25, -0.2) is 0 Å². The topological polar surface area (TPSA) is 73.0 Å². The highest BCUT2D eigenvalue weighted by Gasteiger charge is 2.19. The maximum Gasteiger partial charge on any atom is 0.234 e. The molecule has 1 N–H and O–H groups in total. The molecule has 0 aliphatic carbocycles. The number of para-hydroxylation sites is 2. The van der Waals surface area contributed by atoms with Crippen molar-refractivity contribution in [2.75, 3.05) is 11.1 Å². The highest BCUT2D eigenvalue weighted by atomic mass is 32.2. The average Bonchev–Trinajstić information content (AvgIpc) is 3.43. The number of anilines is 1. The summed E-state index contributed by atoms with van der Waals surface area (Å²) in [5, 5.41) is 13.3. The van der Waals surface area contributed by atoms with Gasteiger partial charge in [0.05, 0.1) is 12.3 Å². The van der Waals surface area contributed by atoms with Gasteiger partial charge in [0, 0.05) is 11.1 Å². The lowest BCUT2D eigenvalue weighted by Gasteiger charge is -2.09. The Morgan fingerprint density at radius 1 is 0.906 bits per heavy atom. The molecule has 0 bridgehead atoms. The molecule has 0 fully saturated rings. The Morgan fingerprint density at radius 3 is 2.41 bits per heavy atom. The number of rotatable bonds is 7. The van der Waals surface area contributed by atoms with Crippen molar-refractivity contribution < 1.29 is 9.21 Å². The number of hydrogen-bond donors (Lipinski definition) is 1. The van der Waals surface area contributed by atoms with Crippen LogP contribution in [0.3, 0.4) is 0 Å². The fraction of sp³-hybridized carbons (Fsp3) is 0.0800. The summed E-state index contributed by atoms with van der Waals surface area (Å²) < 4.78 is 8.03. The number of amides is 1. The van der Waals surface area contributed by atoms with Crippen molar-refractivity contribution in [3.63, 3.8) is 0 Å². The number of benzene rings is 3. The zero-order valence-corrected chi connectivity index (χ0v) is 18.0. The molecule has 7 heteroatoms. The van der Waals surface area contributed by atoms with E-state index in [1.54, 1.807) is 0 Å². The molecular weight excluding hydrogens is 420 g/mol. The summed E-state index contributed by atoms with van der Waals surface area (Å²) >= 11 is 1.35. The Morgan fingerprint density at radius 2 is 1.62 bits per heavy atom. The lowest BCUT2D eigenvalue weighted by molar-refractivity contribution is -0.113. The Kier molecular flexibility index (Phi) is 5.72. The normalized spacial score (nSPS) is 11.0. The molecule has 5 rings (SSSR count). The zero-order valence-electron chi connectivity index (χ0n) is 17.1. The van der Waals surface area contributed by atoms with E-state index in [1.807, 2.05) is 83.4 Å². The molecule has 0 aliphatic heterocycles. The zero-order chi connectivity index (χ0) is 21.8. The third kappa shape index (κ3) is 4.43. The molecule has 0 saturated carbocycles. The lowest BCUT2D eigenvalue weighted by Crippen LogP contribution is -2.14. The molecule has 0 atom stereocenters. The van der Waals surface area contributed by atoms with E-state index in [4.69, 9.17) is 4.42 Å². The number of carbonyl (C=O) groups is 1. The van der Waals surface area contributed by atoms with E-state index in [0.717, 1.165) is 22.2 Å². The first-order valence-electron chi connectivity index (χ1n) is 10.2. The second-order valence-electron chi connectivity index (χ2n) is 7.23. The van der Waals surface area contributed by atoms with Crippen molar-refractivity contribution in [2.24, 2.45) is 0 Å². The van der Waals surface area contributed by atoms with Gasteiger partial charge < -0.3 is 9.73 Å². The van der Waals surface area contributed by atoms with Crippen molar-refractivity contribution >= 4 is 34.3 Å². The molecule has 1 amide bonds. The molecule has 0 radical (unpaired) electrons. The van der Waals surface area contributed by atoms with Crippen LogP contribution in [0.5, 0.6) is 0 Å². The average molecular weight is 441 g/mol. The number of hydrogen-bond acceptors (Lipinski definition) is 5. The van der Waals surface area contributed by atoms with E-state index in [2.05, 4.69) is 27.6 Å². The van der Waals surface area contributed by atoms with Gasteiger partial charge in [0.2, 0.25) is 11.7 Å². The first-order valence-corrected chi connectivity index (χ1v) is 11.2. The summed E-state index contributed by atoms with van der Waals surface area (Å²) in [6, 6.07) is 29.3. The van der Waals surface area contributed by atoms with Crippen LogP contribution in [0.25, 0.3) is 22.6 Å². The fourth-order valence-corrected chi connectivity index (χ4v) is 4.16. The van der Waals surface area contributed by atoms with E-state index in [1.165, 1.54) is 11.8 Å². The number of aromatic nitrogens is 3. The van der Waals surface area contributed by atoms with Crippen molar-refractivity contribution in [1.82, 2.24) is 14.8 Å². The number of nitrogens with one attached hydrogen (secondary N) is 1. The predicted octanol–water partition coefficient (Wildman–Crippen LogP) is 5.47. The van der Waals surface area contributed by atoms with Gasteiger partial charge >= 0.3 is 0 Å². The van der Waals surface area contributed by atoms with Gasteiger partial charge in [-0.2, -0.15) is 0 Å². The molecule has 3 aromatic carbocycles. The number of furan rings is 1. The summed E-state index contributed by atoms with van der Waals surface area (Å²) in [6.45, 7) is 0.572. The molecule has 2 aromatic heterocycles. The molecule has 32 heavy (non-hydrogen) atoms. The van der Waals surface area contributed by atoms with Crippen molar-refractivity contribution in [3.05, 3.63) is 96.6 Å². The Hall–Kier alpha value is -3.84. The number of fused-ring (bicyclic) bond motifs is 1. The lowest BCUT2D eigenvalue weighted by atomic mass is 10.2. The number of nitrogens with zero attached hydrogens (tertiary/aromatic N) is 3. The maximum absolute atomic E-state index is 12.4. The molecule has 0 spiro atoms. The molecule has 2 heterocycles. The largest absolute Gasteiger partial charge is 0.453 e. The molecule has 5 aromatic rings. The number of thioether (sulfide) groups is 1. The van der Waals surface area contributed by atoms with Crippen LogP contribution in [0.15, 0.2) is 101 Å². The Labute approximate surface area is 189 Å². The highest BCUT2D eigenvalue weighted by molar-refractivity contribution is 7.99. The standard InChI is InChI=1S/C25H20N4O2S/c30-23(26-20-12-5-2-6-13-20)17-32-25-28-27-24(29(25)16-18-9-3-1-4-10-18)22-15-19-11-7-8-14-21(19)31-22/h1-15H,16-17H2,(H,26,30). The van der Waals surface area contributed by atoms with Crippen LogP contribution >= 0.6 is 11.8 Å². The van der Waals surface area contributed by atoms with Gasteiger partial charge in [0.25, 0.3) is 0 Å². The Balaban J connectivity index is 1.42. The van der Waals surface area contributed by atoms with Gasteiger partial charge in [0.1, 0.15) is 5.58 Å². The SMILES string of the molecule is O=C(CSc1nnc(-c2cc3ccccc3o2)n1Cc1ccccc1)Nc1ccccc1. The molecule has 158 valence electrons. The molecule has 0 saturated heterocycles. The summed E-state index contributed by atoms with van der Waals surface area (Å²) in [5.74, 6) is 1.41. The molecular formula is C25H20N4O2S. The summed E-state index contributed by atoms with van der Waals surface area (Å²) in [4.78, 5) is 12.4. The minimum atomic E-state index is -0.0965. The van der Waals surface area contributed by atoms with Crippen LogP contribution < -0.4 is 5.32 Å². The van der Waals surface area contributed by atoms with Crippen LogP contribution in [0, 0.1) is 0 Å². The van der Waals surface area contributed by atoms with E-state index >= 15 is 0 Å². The van der Waals surface area contributed by atoms with Gasteiger partial charge in [-0.3, -0.25) is 9.36 Å². The van der Waals surface area contributed by atoms with Gasteiger partial charge in [-0.15, -0.1) is 10.2 Å². The minimum Gasteiger partial charge on any atom is -0.453 e. The second-order valence-corrected chi connectivity index (χ2v) is 8.17. The smallest absolute Gasteiger partial charge is 0.234 e. The molecule has 0 unspecified atom stereocenters. The van der Waals surface area contributed by atoms with Crippen molar-refractivity contribution in [2.45, 2.75) is 11.7 Å². The third-order valence-electron chi connectivity index (χ3n) is 4.94. The van der Waals surface area contributed by atoms with Crippen molar-refractivity contribution in [3.8, 4) is 11.6 Å². The monoisotopic (exact) mass is 440 g/mol. The maximum atomic E-state index is 12.4. The van der Waals surface area contributed by atoms with Crippen LogP contribution in [0.1, 0.15) is 5.56 Å². The quantitative estimate of drug-likeness (QED) is 0.340. The van der Waals surface area contributed by atoms with E-state index in [0.29, 0.717) is 23.3 Å². The number of carbonyl (C=O) groups excluding carboxylic acids is 1. The summed E-state index contributed by atoms with van der Waals surface area (Å²) in [7, 11) is 0. The van der Waals surface area contributed by atoms with E-state index < -0.39 is 0 Å². The molecule has 6 nitrogen and oxygen atoms in total. The van der Waals surface area contributed by atoms with Crippen LogP contribution in [-0.2, 0) is 11.3 Å². The van der Waals surface area contributed by atoms with Crippen LogP contribution in [-0.4, -0.2) is 26.4 Å². The fourth-order valence-electron chi connectivity index (χ4n) is 3.43. The van der Waals surface area contributed by atoms with Crippen LogP contribution in [0.4, 0.5) is 5.69 Å². The van der Waals surface area contributed by atoms with Gasteiger partial charge in [-0.1, -0.05) is 78.5 Å². The van der Waals surface area contributed by atoms with Crippen molar-refractivity contribution in [1.29, 1.82) is 0 Å². The molecule has 0 aliphatic rings. The Bertz CT molecular complexity index is 1310. The summed E-state index contributed by atoms with van der Waals surface area (Å²) in [6.07, 6.45) is 0. The second kappa shape index (κ2) is 9.11. The van der Waals surface area contributed by atoms with Crippen LogP contribution in [0.2, 0.25) is 0 Å². The van der Waals surface area contributed by atoms with E-state index in [-0.39, 0.29) is 11.7 Å². The van der Waals surface area contributed by atoms with E-state index in [9.17, 15) is 4.79 Å². The highest BCUT2D eigenvalue weighted by Crippen LogP contribution is 2.30. The van der Waals surface area contributed by atoms with Gasteiger partial charge in [0.15, 0.2) is 10.9 Å². The first-order chi connectivity index (χ1) is 15.8. The minimum absolute atomic E-state index is 0.0965. The third-order valence-corrected chi connectivity index (χ3v) is 5.90. The summed E-state index contributed by atoms with van der Waals surface area (Å²) in [5.41, 5.74) is 2.68. The predicted molar refractivity (Wildman–Crippen MR) is 127 cm³/mol. The van der Waals surface area contributed by atoms with Gasteiger partial charge in [-0.05, 0) is 29.8 Å². The first kappa shape index (κ1) is 20.1.